The van der Waals surface area contributed by atoms with Crippen molar-refractivity contribution >= 4 is 42.4 Å². The van der Waals surface area contributed by atoms with E-state index in [4.69, 9.17) is 0 Å². The zero-order chi connectivity index (χ0) is 21.6. The van der Waals surface area contributed by atoms with Crippen LogP contribution in [0.1, 0.15) is 0 Å². The van der Waals surface area contributed by atoms with Gasteiger partial charge in [-0.15, -0.1) is 10.2 Å². The minimum atomic E-state index is -4.75. The summed E-state index contributed by atoms with van der Waals surface area (Å²) >= 11 is 0. The lowest BCUT2D eigenvalue weighted by Gasteiger charge is -2.09. The summed E-state index contributed by atoms with van der Waals surface area (Å²) in [5, 5.41) is 36.4. The molecule has 0 spiro atoms. The molecule has 0 bridgehead atoms. The van der Waals surface area contributed by atoms with E-state index in [-0.39, 0.29) is 27.9 Å². The highest BCUT2D eigenvalue weighted by Crippen LogP contribution is 2.39. The number of aromatic hydroxyl groups is 3. The van der Waals surface area contributed by atoms with E-state index in [2.05, 4.69) is 10.2 Å². The zero-order valence-corrected chi connectivity index (χ0v) is 15.8. The first-order chi connectivity index (χ1) is 13.4. The molecule has 0 aromatic heterocycles. The first-order valence-electron chi connectivity index (χ1n) is 7.56. The Balaban J connectivity index is 2.31. The average Bonchev–Trinajstić information content (AvgIpc) is 2.58. The molecule has 0 saturated heterocycles. The molecule has 0 amide bonds. The summed E-state index contributed by atoms with van der Waals surface area (Å²) in [6.45, 7) is 0. The fraction of sp³-hybridized carbons (Fsp3) is 0. The quantitative estimate of drug-likeness (QED) is 0.299. The molecule has 0 atom stereocenters. The molecule has 3 aromatic rings. The van der Waals surface area contributed by atoms with Gasteiger partial charge in [-0.1, -0.05) is 0 Å². The van der Waals surface area contributed by atoms with Crippen LogP contribution in [0.25, 0.3) is 10.8 Å². The van der Waals surface area contributed by atoms with Gasteiger partial charge in [0.1, 0.15) is 22.9 Å². The van der Waals surface area contributed by atoms with Crippen LogP contribution in [0.4, 0.5) is 11.4 Å². The summed E-state index contributed by atoms with van der Waals surface area (Å²) in [5.41, 5.74) is -0.399. The summed E-state index contributed by atoms with van der Waals surface area (Å²) in [7, 11) is -9.48. The van der Waals surface area contributed by atoms with Gasteiger partial charge in [0, 0.05) is 12.1 Å². The fourth-order valence-electron chi connectivity index (χ4n) is 2.50. The van der Waals surface area contributed by atoms with Crippen LogP contribution in [-0.4, -0.2) is 41.3 Å². The standard InChI is InChI=1S/C16H12N2O9S2/c19-9-1-2-12(14(20)5-9)17-18-13-6-10(28(22,23)24)3-8-4-11(29(25,26)27)7-15(21)16(8)13/h1-7,19-21H,(H,22,23,24)(H,25,26,27)/b18-17+. The molecule has 0 saturated carbocycles. The van der Waals surface area contributed by atoms with Gasteiger partial charge in [0.05, 0.1) is 20.9 Å². The maximum absolute atomic E-state index is 11.5. The van der Waals surface area contributed by atoms with E-state index >= 15 is 0 Å². The molecule has 29 heavy (non-hydrogen) atoms. The molecular weight excluding hydrogens is 428 g/mol. The second kappa shape index (κ2) is 6.97. The van der Waals surface area contributed by atoms with Crippen molar-refractivity contribution in [1.82, 2.24) is 0 Å². The minimum Gasteiger partial charge on any atom is -0.508 e. The van der Waals surface area contributed by atoms with Gasteiger partial charge in [0.25, 0.3) is 20.2 Å². The maximum Gasteiger partial charge on any atom is 0.294 e. The van der Waals surface area contributed by atoms with Gasteiger partial charge in [-0.2, -0.15) is 16.8 Å². The van der Waals surface area contributed by atoms with Crippen LogP contribution >= 0.6 is 0 Å². The van der Waals surface area contributed by atoms with E-state index in [1.165, 1.54) is 12.1 Å². The molecule has 5 N–H and O–H groups in total. The number of benzene rings is 3. The number of nitrogens with zero attached hydrogens (tertiary/aromatic N) is 2. The predicted octanol–water partition coefficient (Wildman–Crippen LogP) is 2.87. The number of fused-ring (bicyclic) bond motifs is 1. The second-order valence-electron chi connectivity index (χ2n) is 5.81. The Labute approximate surface area is 163 Å². The van der Waals surface area contributed by atoms with Crippen molar-refractivity contribution < 1.29 is 41.3 Å². The molecule has 0 aliphatic carbocycles. The first-order valence-corrected chi connectivity index (χ1v) is 10.4. The van der Waals surface area contributed by atoms with Gasteiger partial charge in [0.2, 0.25) is 0 Å². The number of hydrogen-bond acceptors (Lipinski definition) is 9. The molecule has 0 radical (unpaired) electrons. The van der Waals surface area contributed by atoms with Crippen molar-refractivity contribution in [2.45, 2.75) is 9.79 Å². The van der Waals surface area contributed by atoms with E-state index in [9.17, 15) is 41.3 Å². The molecule has 3 rings (SSSR count). The summed E-state index contributed by atoms with van der Waals surface area (Å²) in [6, 6.07) is 6.73. The Morgan fingerprint density at radius 1 is 0.655 bits per heavy atom. The molecule has 152 valence electrons. The fourth-order valence-corrected chi connectivity index (χ4v) is 3.57. The average molecular weight is 440 g/mol. The second-order valence-corrected chi connectivity index (χ2v) is 8.65. The van der Waals surface area contributed by atoms with Crippen molar-refractivity contribution in [3.05, 3.63) is 42.5 Å². The smallest absolute Gasteiger partial charge is 0.294 e. The van der Waals surface area contributed by atoms with Gasteiger partial charge >= 0.3 is 0 Å². The Hall–Kier alpha value is -3.26. The molecule has 0 fully saturated rings. The minimum absolute atomic E-state index is 0.109. The molecule has 13 heteroatoms. The summed E-state index contributed by atoms with van der Waals surface area (Å²) in [4.78, 5) is -1.39. The highest BCUT2D eigenvalue weighted by Gasteiger charge is 2.19. The number of phenolic OH excluding ortho intramolecular Hbond substituents is 3. The highest BCUT2D eigenvalue weighted by molar-refractivity contribution is 7.86. The van der Waals surface area contributed by atoms with Gasteiger partial charge in [0.15, 0.2) is 0 Å². The van der Waals surface area contributed by atoms with Crippen molar-refractivity contribution in [2.75, 3.05) is 0 Å². The van der Waals surface area contributed by atoms with Crippen LogP contribution in [0, 0.1) is 0 Å². The lowest BCUT2D eigenvalue weighted by molar-refractivity contribution is 0.451. The zero-order valence-electron chi connectivity index (χ0n) is 14.1. The summed E-state index contributed by atoms with van der Waals surface area (Å²) in [6.07, 6.45) is 0. The lowest BCUT2D eigenvalue weighted by Crippen LogP contribution is -2.00. The van der Waals surface area contributed by atoms with Crippen LogP contribution in [-0.2, 0) is 20.2 Å². The number of azo groups is 1. The maximum atomic E-state index is 11.5. The van der Waals surface area contributed by atoms with E-state index in [0.717, 1.165) is 30.3 Å². The lowest BCUT2D eigenvalue weighted by atomic mass is 10.1. The largest absolute Gasteiger partial charge is 0.508 e. The Morgan fingerprint density at radius 3 is 1.76 bits per heavy atom. The monoisotopic (exact) mass is 440 g/mol. The molecule has 0 unspecified atom stereocenters. The molecular formula is C16H12N2O9S2. The third-order valence-electron chi connectivity index (χ3n) is 3.77. The van der Waals surface area contributed by atoms with Crippen LogP contribution in [0.3, 0.4) is 0 Å². The van der Waals surface area contributed by atoms with Gasteiger partial charge < -0.3 is 15.3 Å². The number of phenols is 3. The Bertz CT molecular complexity index is 1380. The summed E-state index contributed by atoms with van der Waals surface area (Å²) in [5.74, 6) is -1.35. The van der Waals surface area contributed by atoms with Crippen molar-refractivity contribution in [2.24, 2.45) is 10.2 Å². The Morgan fingerprint density at radius 2 is 1.21 bits per heavy atom. The molecule has 11 nitrogen and oxygen atoms in total. The molecule has 0 heterocycles. The molecule has 0 aliphatic rings. The third-order valence-corrected chi connectivity index (χ3v) is 5.44. The van der Waals surface area contributed by atoms with Crippen LogP contribution < -0.4 is 0 Å². The predicted molar refractivity (Wildman–Crippen MR) is 99.2 cm³/mol. The van der Waals surface area contributed by atoms with Crippen molar-refractivity contribution in [1.29, 1.82) is 0 Å². The molecule has 0 aliphatic heterocycles. The van der Waals surface area contributed by atoms with Crippen molar-refractivity contribution in [3.8, 4) is 17.2 Å². The first kappa shape index (κ1) is 20.5. The van der Waals surface area contributed by atoms with Crippen LogP contribution in [0.5, 0.6) is 17.2 Å². The van der Waals surface area contributed by atoms with E-state index in [1.54, 1.807) is 0 Å². The normalized spacial score (nSPS) is 12.6. The number of rotatable bonds is 4. The number of hydrogen-bond donors (Lipinski definition) is 5. The Kier molecular flexibility index (Phi) is 4.92. The van der Waals surface area contributed by atoms with Crippen molar-refractivity contribution in [3.63, 3.8) is 0 Å². The van der Waals surface area contributed by atoms with Crippen LogP contribution in [0.2, 0.25) is 0 Å². The topological polar surface area (TPSA) is 194 Å². The van der Waals surface area contributed by atoms with E-state index < -0.39 is 41.5 Å². The van der Waals surface area contributed by atoms with Gasteiger partial charge in [-0.3, -0.25) is 9.11 Å². The van der Waals surface area contributed by atoms with Gasteiger partial charge in [-0.25, -0.2) is 0 Å². The highest BCUT2D eigenvalue weighted by atomic mass is 32.2. The van der Waals surface area contributed by atoms with Gasteiger partial charge in [-0.05, 0) is 35.7 Å². The SMILES string of the molecule is O=S(=O)(O)c1cc(O)c2c(/N=N/c3ccc(O)cc3O)cc(S(=O)(=O)O)cc2c1. The molecule has 3 aromatic carbocycles. The third kappa shape index (κ3) is 4.27. The van der Waals surface area contributed by atoms with E-state index in [1.807, 2.05) is 0 Å². The summed E-state index contributed by atoms with van der Waals surface area (Å²) < 4.78 is 64.3. The van der Waals surface area contributed by atoms with Crippen LogP contribution in [0.15, 0.2) is 62.5 Å². The van der Waals surface area contributed by atoms with E-state index in [0.29, 0.717) is 0 Å².